The molecule has 0 aromatic heterocycles. The molecular formula is C20H27NO5. The van der Waals surface area contributed by atoms with Crippen LogP contribution in [0.5, 0.6) is 5.75 Å². The molecule has 2 rings (SSSR count). The second kappa shape index (κ2) is 9.36. The minimum absolute atomic E-state index is 0.0970. The van der Waals surface area contributed by atoms with Crippen LogP contribution in [0.1, 0.15) is 49.9 Å². The number of carbonyl (C=O) groups is 3. The van der Waals surface area contributed by atoms with Crippen LogP contribution in [0, 0.1) is 11.8 Å². The van der Waals surface area contributed by atoms with Crippen LogP contribution in [0.2, 0.25) is 0 Å². The summed E-state index contributed by atoms with van der Waals surface area (Å²) in [6, 6.07) is 6.94. The molecule has 1 fully saturated rings. The molecule has 1 N–H and O–H groups in total. The lowest BCUT2D eigenvalue weighted by Crippen LogP contribution is -2.45. The Hall–Kier alpha value is -2.37. The fourth-order valence-corrected chi connectivity index (χ4v) is 3.21. The van der Waals surface area contributed by atoms with Crippen LogP contribution in [-0.2, 0) is 9.59 Å². The molecule has 142 valence electrons. The molecule has 0 spiro atoms. The third-order valence-corrected chi connectivity index (χ3v) is 4.58. The van der Waals surface area contributed by atoms with Gasteiger partial charge in [-0.1, -0.05) is 13.8 Å². The summed E-state index contributed by atoms with van der Waals surface area (Å²) in [5.41, 5.74) is 0.553. The number of ether oxygens (including phenoxy) is 1. The average Bonchev–Trinajstić information content (AvgIpc) is 2.64. The highest BCUT2D eigenvalue weighted by Crippen LogP contribution is 2.23. The van der Waals surface area contributed by atoms with E-state index in [0.29, 0.717) is 25.1 Å². The highest BCUT2D eigenvalue weighted by atomic mass is 16.5. The molecular weight excluding hydrogens is 334 g/mol. The number of carboxylic acids is 1. The molecule has 1 aromatic carbocycles. The molecule has 2 atom stereocenters. The Morgan fingerprint density at radius 2 is 1.85 bits per heavy atom. The van der Waals surface area contributed by atoms with E-state index >= 15 is 0 Å². The molecule has 1 aliphatic heterocycles. The van der Waals surface area contributed by atoms with Crippen LogP contribution in [0.4, 0.5) is 0 Å². The van der Waals surface area contributed by atoms with Crippen molar-refractivity contribution >= 4 is 17.7 Å². The summed E-state index contributed by atoms with van der Waals surface area (Å²) in [7, 11) is 0. The van der Waals surface area contributed by atoms with E-state index in [1.165, 1.54) is 0 Å². The maximum absolute atomic E-state index is 12.4. The zero-order valence-corrected chi connectivity index (χ0v) is 15.4. The summed E-state index contributed by atoms with van der Waals surface area (Å²) in [6.45, 7) is 5.39. The molecule has 1 heterocycles. The summed E-state index contributed by atoms with van der Waals surface area (Å²) in [4.78, 5) is 37.5. The highest BCUT2D eigenvalue weighted by molar-refractivity contribution is 5.98. The summed E-state index contributed by atoms with van der Waals surface area (Å²) in [5.74, 6) is -0.759. The van der Waals surface area contributed by atoms with Crippen LogP contribution >= 0.6 is 0 Å². The van der Waals surface area contributed by atoms with Crippen molar-refractivity contribution in [3.05, 3.63) is 29.8 Å². The number of likely N-dealkylation sites (tertiary alicyclic amines) is 1. The predicted octanol–water partition coefficient (Wildman–Crippen LogP) is 3.01. The largest absolute Gasteiger partial charge is 0.494 e. The molecule has 1 saturated heterocycles. The van der Waals surface area contributed by atoms with E-state index in [2.05, 4.69) is 0 Å². The molecule has 2 unspecified atom stereocenters. The van der Waals surface area contributed by atoms with Crippen molar-refractivity contribution < 1.29 is 24.2 Å². The zero-order valence-electron chi connectivity index (χ0n) is 15.4. The van der Waals surface area contributed by atoms with Gasteiger partial charge in [-0.25, -0.2) is 0 Å². The minimum Gasteiger partial charge on any atom is -0.494 e. The lowest BCUT2D eigenvalue weighted by molar-refractivity contribution is -0.146. The van der Waals surface area contributed by atoms with Crippen molar-refractivity contribution in [2.24, 2.45) is 11.8 Å². The standard InChI is InChI=1S/C20H27NO5/c1-3-10-26-17-6-4-15(5-7-17)18(22)8-9-19(23)21-12-14(2)11-16(13-21)20(24)25/h4-7,14,16H,3,8-13H2,1-2H3,(H,24,25). The minimum atomic E-state index is -0.865. The average molecular weight is 361 g/mol. The number of carboxylic acid groups (broad SMARTS) is 1. The Bertz CT molecular complexity index is 640. The van der Waals surface area contributed by atoms with E-state index in [0.717, 1.165) is 12.2 Å². The lowest BCUT2D eigenvalue weighted by Gasteiger charge is -2.34. The van der Waals surface area contributed by atoms with Crippen molar-refractivity contribution in [3.63, 3.8) is 0 Å². The van der Waals surface area contributed by atoms with Crippen molar-refractivity contribution in [2.45, 2.75) is 39.5 Å². The van der Waals surface area contributed by atoms with Gasteiger partial charge in [-0.3, -0.25) is 14.4 Å². The fraction of sp³-hybridized carbons (Fsp3) is 0.550. The van der Waals surface area contributed by atoms with Gasteiger partial charge < -0.3 is 14.7 Å². The number of rotatable bonds is 8. The number of Topliss-reactive ketones (excluding diaryl/α,β-unsaturated/α-hetero) is 1. The SMILES string of the molecule is CCCOc1ccc(C(=O)CCC(=O)N2CC(C)CC(C(=O)O)C2)cc1. The van der Waals surface area contributed by atoms with E-state index in [1.54, 1.807) is 29.2 Å². The van der Waals surface area contributed by atoms with Gasteiger partial charge in [-0.05, 0) is 43.0 Å². The maximum Gasteiger partial charge on any atom is 0.308 e. The van der Waals surface area contributed by atoms with Crippen LogP contribution in [0.3, 0.4) is 0 Å². The molecule has 1 aromatic rings. The van der Waals surface area contributed by atoms with Gasteiger partial charge >= 0.3 is 5.97 Å². The molecule has 0 saturated carbocycles. The number of ketones is 1. The van der Waals surface area contributed by atoms with Crippen LogP contribution in [0.25, 0.3) is 0 Å². The zero-order chi connectivity index (χ0) is 19.1. The van der Waals surface area contributed by atoms with E-state index in [1.807, 2.05) is 13.8 Å². The topological polar surface area (TPSA) is 83.9 Å². The van der Waals surface area contributed by atoms with Crippen molar-refractivity contribution in [2.75, 3.05) is 19.7 Å². The first-order chi connectivity index (χ1) is 12.4. The van der Waals surface area contributed by atoms with Crippen molar-refractivity contribution in [1.82, 2.24) is 4.90 Å². The number of benzene rings is 1. The molecule has 1 aliphatic rings. The van der Waals surface area contributed by atoms with Gasteiger partial charge in [0, 0.05) is 31.5 Å². The normalized spacial score (nSPS) is 19.8. The molecule has 0 aliphatic carbocycles. The predicted molar refractivity (Wildman–Crippen MR) is 97.3 cm³/mol. The van der Waals surface area contributed by atoms with E-state index in [9.17, 15) is 19.5 Å². The molecule has 26 heavy (non-hydrogen) atoms. The summed E-state index contributed by atoms with van der Waals surface area (Å²) >= 11 is 0. The third kappa shape index (κ3) is 5.58. The smallest absolute Gasteiger partial charge is 0.308 e. The molecule has 0 bridgehead atoms. The number of amides is 1. The van der Waals surface area contributed by atoms with Gasteiger partial charge in [0.1, 0.15) is 5.75 Å². The van der Waals surface area contributed by atoms with Crippen molar-refractivity contribution in [1.29, 1.82) is 0 Å². The first kappa shape index (κ1) is 19.9. The number of nitrogens with zero attached hydrogens (tertiary/aromatic N) is 1. The van der Waals surface area contributed by atoms with Crippen molar-refractivity contribution in [3.8, 4) is 5.75 Å². The number of carbonyl (C=O) groups excluding carboxylic acids is 2. The third-order valence-electron chi connectivity index (χ3n) is 4.58. The summed E-state index contributed by atoms with van der Waals surface area (Å²) in [6.07, 6.45) is 1.73. The van der Waals surface area contributed by atoms with E-state index in [4.69, 9.17) is 4.74 Å². The van der Waals surface area contributed by atoms with Gasteiger partial charge in [0.15, 0.2) is 5.78 Å². The van der Waals surface area contributed by atoms with Crippen LogP contribution < -0.4 is 4.74 Å². The Morgan fingerprint density at radius 1 is 1.15 bits per heavy atom. The van der Waals surface area contributed by atoms with E-state index in [-0.39, 0.29) is 37.0 Å². The Kier molecular flexibility index (Phi) is 7.18. The quantitative estimate of drug-likeness (QED) is 0.720. The number of piperidine rings is 1. The number of hydrogen-bond acceptors (Lipinski definition) is 4. The Balaban J connectivity index is 1.86. The highest BCUT2D eigenvalue weighted by Gasteiger charge is 2.31. The van der Waals surface area contributed by atoms with Gasteiger partial charge in [0.05, 0.1) is 12.5 Å². The second-order valence-electron chi connectivity index (χ2n) is 6.97. The molecule has 0 radical (unpaired) electrons. The fourth-order valence-electron chi connectivity index (χ4n) is 3.21. The Labute approximate surface area is 154 Å². The van der Waals surface area contributed by atoms with Gasteiger partial charge in [0.2, 0.25) is 5.91 Å². The lowest BCUT2D eigenvalue weighted by atomic mass is 9.90. The van der Waals surface area contributed by atoms with E-state index < -0.39 is 11.9 Å². The summed E-state index contributed by atoms with van der Waals surface area (Å²) in [5, 5.41) is 9.20. The first-order valence-corrected chi connectivity index (χ1v) is 9.17. The maximum atomic E-state index is 12.4. The van der Waals surface area contributed by atoms with Gasteiger partial charge in [0.25, 0.3) is 0 Å². The van der Waals surface area contributed by atoms with Gasteiger partial charge in [-0.2, -0.15) is 0 Å². The van der Waals surface area contributed by atoms with Gasteiger partial charge in [-0.15, -0.1) is 0 Å². The molecule has 6 nitrogen and oxygen atoms in total. The second-order valence-corrected chi connectivity index (χ2v) is 6.97. The van der Waals surface area contributed by atoms with Crippen LogP contribution in [0.15, 0.2) is 24.3 Å². The number of hydrogen-bond donors (Lipinski definition) is 1. The molecule has 1 amide bonds. The first-order valence-electron chi connectivity index (χ1n) is 9.17. The Morgan fingerprint density at radius 3 is 2.46 bits per heavy atom. The monoisotopic (exact) mass is 361 g/mol. The molecule has 6 heteroatoms. The number of aliphatic carboxylic acids is 1. The van der Waals surface area contributed by atoms with Crippen LogP contribution in [-0.4, -0.2) is 47.4 Å². The summed E-state index contributed by atoms with van der Waals surface area (Å²) < 4.78 is 5.49.